The van der Waals surface area contributed by atoms with Crippen molar-refractivity contribution in [3.8, 4) is 11.3 Å². The average Bonchev–Trinajstić information content (AvgIpc) is 3.14. The van der Waals surface area contributed by atoms with Crippen LogP contribution < -0.4 is 5.32 Å². The summed E-state index contributed by atoms with van der Waals surface area (Å²) in [5.41, 5.74) is 5.01. The molecule has 2 aromatic heterocycles. The van der Waals surface area contributed by atoms with Crippen molar-refractivity contribution in [3.05, 3.63) is 47.9 Å². The molecule has 0 bridgehead atoms. The van der Waals surface area contributed by atoms with Crippen molar-refractivity contribution < 1.29 is 17.6 Å². The van der Waals surface area contributed by atoms with Crippen LogP contribution in [0.1, 0.15) is 24.7 Å². The number of carbonyl (C=O) groups excluding carboxylic acids is 1. The summed E-state index contributed by atoms with van der Waals surface area (Å²) in [5, 5.41) is 7.57. The predicted molar refractivity (Wildman–Crippen MR) is 127 cm³/mol. The second kappa shape index (κ2) is 8.12. The van der Waals surface area contributed by atoms with Gasteiger partial charge in [-0.05, 0) is 37.6 Å². The molecule has 3 heterocycles. The number of alkyl halides is 1. The Hall–Kier alpha value is -3.40. The number of nitrogens with one attached hydrogen (secondary N) is 1. The number of benzene rings is 1. The van der Waals surface area contributed by atoms with Crippen molar-refractivity contribution in [2.45, 2.75) is 37.3 Å². The van der Waals surface area contributed by atoms with Crippen LogP contribution in [0.15, 0.2) is 46.4 Å². The van der Waals surface area contributed by atoms with E-state index in [1.165, 1.54) is 0 Å². The molecule has 10 heteroatoms. The van der Waals surface area contributed by atoms with Crippen LogP contribution in [-0.2, 0) is 34.5 Å². The summed E-state index contributed by atoms with van der Waals surface area (Å²) in [6.45, 7) is 1.89. The number of aromatic nitrogens is 3. The van der Waals surface area contributed by atoms with Crippen molar-refractivity contribution in [1.82, 2.24) is 14.8 Å². The Morgan fingerprint density at radius 2 is 2.00 bits per heavy atom. The minimum Gasteiger partial charge on any atom is -0.353 e. The lowest BCUT2D eigenvalue weighted by molar-refractivity contribution is -0.120. The zero-order chi connectivity index (χ0) is 24.2. The van der Waals surface area contributed by atoms with Crippen molar-refractivity contribution in [1.29, 1.82) is 0 Å². The van der Waals surface area contributed by atoms with E-state index in [2.05, 4.69) is 20.4 Å². The zero-order valence-corrected chi connectivity index (χ0v) is 19.9. The Bertz CT molecular complexity index is 1460. The molecule has 1 N–H and O–H groups in total. The number of hydrogen-bond donors (Lipinski definition) is 1. The maximum absolute atomic E-state index is 13.3. The molecular formula is C24H24FN5O3S. The van der Waals surface area contributed by atoms with Crippen molar-refractivity contribution in [2.75, 3.05) is 11.6 Å². The van der Waals surface area contributed by atoms with Crippen LogP contribution in [-0.4, -0.2) is 47.1 Å². The Balaban J connectivity index is 1.53. The maximum Gasteiger partial charge on any atom is 0.177 e. The van der Waals surface area contributed by atoms with E-state index in [0.717, 1.165) is 12.0 Å². The smallest absolute Gasteiger partial charge is 0.177 e. The highest BCUT2D eigenvalue weighted by atomic mass is 32.2. The average molecular weight is 482 g/mol. The molecule has 1 fully saturated rings. The monoisotopic (exact) mass is 481 g/mol. The van der Waals surface area contributed by atoms with Crippen LogP contribution in [0.4, 0.5) is 21.5 Å². The number of hydrogen-bond acceptors (Lipinski definition) is 7. The zero-order valence-electron chi connectivity index (χ0n) is 19.0. The highest BCUT2D eigenvalue weighted by Crippen LogP contribution is 2.39. The third kappa shape index (κ3) is 4.37. The number of aliphatic imine (C=N–C) groups is 1. The van der Waals surface area contributed by atoms with Crippen LogP contribution in [0.3, 0.4) is 0 Å². The molecule has 5 rings (SSSR count). The minimum atomic E-state index is -3.58. The summed E-state index contributed by atoms with van der Waals surface area (Å²) in [6, 6.07) is 8.60. The molecular weight excluding hydrogens is 457 g/mol. The van der Waals surface area contributed by atoms with Crippen LogP contribution in [0, 0.1) is 5.92 Å². The van der Waals surface area contributed by atoms with Gasteiger partial charge in [-0.15, -0.1) is 0 Å². The summed E-state index contributed by atoms with van der Waals surface area (Å²) in [7, 11) is -1.79. The Morgan fingerprint density at radius 1 is 1.24 bits per heavy atom. The largest absolute Gasteiger partial charge is 0.353 e. The standard InChI is InChI=1S/C24H24FN5O3S/c1-13-8-20-24(26-13)21(10-15(27-20)11-22(31)16-12-17(16)25)28-19-5-4-14(9-23(19)34(3,32)33)18-6-7-30(2)29-18/h4-7,9-10,16-17H,8,11-12H2,1-3H3,(H,27,28)/t16-,17+/m1/s1. The summed E-state index contributed by atoms with van der Waals surface area (Å²) in [6.07, 6.45) is 2.74. The Labute approximate surface area is 196 Å². The number of ketones is 1. The van der Waals surface area contributed by atoms with Gasteiger partial charge in [0.05, 0.1) is 39.3 Å². The summed E-state index contributed by atoms with van der Waals surface area (Å²) in [4.78, 5) is 21.6. The van der Waals surface area contributed by atoms with Crippen molar-refractivity contribution in [2.24, 2.45) is 18.0 Å². The van der Waals surface area contributed by atoms with Gasteiger partial charge in [0.2, 0.25) is 0 Å². The number of Topliss-reactive ketones (excluding diaryl/α,β-unsaturated/α-hetero) is 1. The molecule has 34 heavy (non-hydrogen) atoms. The molecule has 0 saturated heterocycles. The SMILES string of the molecule is CC1=Nc2c(Nc3ccc(-c4ccn(C)n4)cc3S(C)(=O)=O)cc(CC(=O)[C@@H]3C[C@@H]3F)nc2C1. The third-order valence-corrected chi connectivity index (χ3v) is 7.12. The molecule has 8 nitrogen and oxygen atoms in total. The van der Waals surface area contributed by atoms with Crippen LogP contribution >= 0.6 is 0 Å². The van der Waals surface area contributed by atoms with E-state index in [0.29, 0.717) is 46.1 Å². The van der Waals surface area contributed by atoms with E-state index in [-0.39, 0.29) is 23.5 Å². The number of aryl methyl sites for hydroxylation is 1. The fourth-order valence-corrected chi connectivity index (χ4v) is 5.03. The van der Waals surface area contributed by atoms with E-state index >= 15 is 0 Å². The molecule has 0 radical (unpaired) electrons. The van der Waals surface area contributed by atoms with Gasteiger partial charge in [-0.1, -0.05) is 6.07 Å². The molecule has 1 aliphatic carbocycles. The Morgan fingerprint density at radius 3 is 2.65 bits per heavy atom. The fraction of sp³-hybridized carbons (Fsp3) is 0.333. The lowest BCUT2D eigenvalue weighted by atomic mass is 10.1. The Kier molecular flexibility index (Phi) is 5.35. The number of halogens is 1. The molecule has 0 unspecified atom stereocenters. The number of pyridine rings is 1. The molecule has 1 aromatic carbocycles. The van der Waals surface area contributed by atoms with Gasteiger partial charge in [0.1, 0.15) is 17.6 Å². The fourth-order valence-electron chi connectivity index (χ4n) is 4.17. The second-order valence-corrected chi connectivity index (χ2v) is 10.9. The number of fused-ring (bicyclic) bond motifs is 1. The van der Waals surface area contributed by atoms with E-state index in [9.17, 15) is 17.6 Å². The lowest BCUT2D eigenvalue weighted by Gasteiger charge is -2.15. The molecule has 2 atom stereocenters. The lowest BCUT2D eigenvalue weighted by Crippen LogP contribution is -2.10. The van der Waals surface area contributed by atoms with Crippen LogP contribution in [0.25, 0.3) is 11.3 Å². The van der Waals surface area contributed by atoms with Crippen LogP contribution in [0.2, 0.25) is 0 Å². The number of carbonyl (C=O) groups is 1. The van der Waals surface area contributed by atoms with Gasteiger partial charge in [0, 0.05) is 43.6 Å². The first kappa shape index (κ1) is 22.4. The molecule has 0 amide bonds. The summed E-state index contributed by atoms with van der Waals surface area (Å²) >= 11 is 0. The van der Waals surface area contributed by atoms with Gasteiger partial charge < -0.3 is 5.32 Å². The van der Waals surface area contributed by atoms with Gasteiger partial charge in [-0.2, -0.15) is 5.10 Å². The minimum absolute atomic E-state index is 0.0314. The van der Waals surface area contributed by atoms with Gasteiger partial charge in [-0.25, -0.2) is 12.8 Å². The topological polar surface area (TPSA) is 106 Å². The van der Waals surface area contributed by atoms with Gasteiger partial charge in [0.25, 0.3) is 0 Å². The van der Waals surface area contributed by atoms with Gasteiger partial charge in [0.15, 0.2) is 9.84 Å². The second-order valence-electron chi connectivity index (χ2n) is 8.96. The van der Waals surface area contributed by atoms with Gasteiger partial charge >= 0.3 is 0 Å². The third-order valence-electron chi connectivity index (χ3n) is 5.99. The van der Waals surface area contributed by atoms with E-state index in [4.69, 9.17) is 0 Å². The summed E-state index contributed by atoms with van der Waals surface area (Å²) in [5.74, 6) is -0.710. The van der Waals surface area contributed by atoms with Crippen molar-refractivity contribution >= 4 is 38.4 Å². The highest BCUT2D eigenvalue weighted by Gasteiger charge is 2.43. The highest BCUT2D eigenvalue weighted by molar-refractivity contribution is 7.90. The van der Waals surface area contributed by atoms with E-state index in [1.54, 1.807) is 42.2 Å². The number of anilines is 2. The maximum atomic E-state index is 13.3. The van der Waals surface area contributed by atoms with Gasteiger partial charge in [-0.3, -0.25) is 19.5 Å². The first-order valence-electron chi connectivity index (χ1n) is 10.9. The number of sulfone groups is 1. The quantitative estimate of drug-likeness (QED) is 0.551. The van der Waals surface area contributed by atoms with E-state index in [1.807, 2.05) is 13.0 Å². The number of nitrogens with zero attached hydrogens (tertiary/aromatic N) is 4. The molecule has 2 aliphatic rings. The number of rotatable bonds is 7. The summed E-state index contributed by atoms with van der Waals surface area (Å²) < 4.78 is 40.3. The first-order chi connectivity index (χ1) is 16.1. The molecule has 176 valence electrons. The van der Waals surface area contributed by atoms with Crippen molar-refractivity contribution in [3.63, 3.8) is 0 Å². The molecule has 0 spiro atoms. The molecule has 3 aromatic rings. The van der Waals surface area contributed by atoms with Crippen LogP contribution in [0.5, 0.6) is 0 Å². The predicted octanol–water partition coefficient (Wildman–Crippen LogP) is 3.75. The normalized spacial score (nSPS) is 19.0. The molecule has 1 aliphatic heterocycles. The van der Waals surface area contributed by atoms with E-state index < -0.39 is 21.9 Å². The molecule has 1 saturated carbocycles. The first-order valence-corrected chi connectivity index (χ1v) is 12.8.